The van der Waals surface area contributed by atoms with Crippen LogP contribution in [0.2, 0.25) is 0 Å². The second-order valence-electron chi connectivity index (χ2n) is 20.2. The van der Waals surface area contributed by atoms with Gasteiger partial charge in [0.1, 0.15) is 0 Å². The second-order valence-corrected chi connectivity index (χ2v) is 20.2. The third-order valence-electron chi connectivity index (χ3n) is 16.5. The van der Waals surface area contributed by atoms with Crippen LogP contribution in [0.15, 0.2) is 303 Å². The lowest BCUT2D eigenvalue weighted by molar-refractivity contribution is 0.752. The molecular weight excluding hydrogens is 917 g/mol. The van der Waals surface area contributed by atoms with E-state index in [2.05, 4.69) is 313 Å². The minimum atomic E-state index is -0.639. The van der Waals surface area contributed by atoms with Crippen molar-refractivity contribution < 1.29 is 0 Å². The Morgan fingerprint density at radius 3 is 1.16 bits per heavy atom. The topological polar surface area (TPSA) is 6.48 Å². The van der Waals surface area contributed by atoms with E-state index in [0.717, 1.165) is 33.9 Å². The monoisotopic (exact) mass is 966 g/mol. The lowest BCUT2D eigenvalue weighted by Crippen LogP contribution is -2.36. The predicted octanol–water partition coefficient (Wildman–Crippen LogP) is 19.0. The van der Waals surface area contributed by atoms with Crippen molar-refractivity contribution in [2.45, 2.75) is 10.8 Å². The van der Waals surface area contributed by atoms with Gasteiger partial charge in [-0.1, -0.05) is 261 Å². The van der Waals surface area contributed by atoms with Gasteiger partial charge < -0.3 is 9.80 Å². The highest BCUT2D eigenvalue weighted by atomic mass is 15.2. The minimum Gasteiger partial charge on any atom is -0.310 e. The van der Waals surface area contributed by atoms with E-state index < -0.39 is 10.8 Å². The zero-order valence-electron chi connectivity index (χ0n) is 41.8. The van der Waals surface area contributed by atoms with Crippen molar-refractivity contribution in [3.8, 4) is 44.5 Å². The highest BCUT2D eigenvalue weighted by Crippen LogP contribution is 2.66. The molecule has 1 aliphatic heterocycles. The Balaban J connectivity index is 1.05. The molecule has 0 saturated carbocycles. The summed E-state index contributed by atoms with van der Waals surface area (Å²) in [4.78, 5) is 5.08. The maximum absolute atomic E-state index is 2.62. The Hall–Kier alpha value is -9.76. The maximum atomic E-state index is 2.62. The lowest BCUT2D eigenvalue weighted by Gasteiger charge is -2.45. The van der Waals surface area contributed by atoms with Crippen LogP contribution >= 0.6 is 0 Å². The SMILES string of the molecule is c1ccc(-c2ccc(-c3ccccc3N(c3cccc4c3-c3ccccc3C4(c3ccccc3)c3ccccc3)c3cccc4c3-c3ccccc3C43c4ccccc4N(c4ccccc4)c4ccccc43)cc2)cc1. The fourth-order valence-electron chi connectivity index (χ4n) is 13.6. The zero-order valence-corrected chi connectivity index (χ0v) is 41.8. The van der Waals surface area contributed by atoms with Crippen LogP contribution in [0.4, 0.5) is 34.1 Å². The first-order chi connectivity index (χ1) is 37.8. The van der Waals surface area contributed by atoms with Crippen molar-refractivity contribution in [3.63, 3.8) is 0 Å². The number of fused-ring (bicyclic) bond motifs is 12. The quantitative estimate of drug-likeness (QED) is 0.150. The van der Waals surface area contributed by atoms with Crippen molar-refractivity contribution in [1.29, 1.82) is 0 Å². The number of anilines is 6. The van der Waals surface area contributed by atoms with Crippen LogP contribution in [0.3, 0.4) is 0 Å². The van der Waals surface area contributed by atoms with Gasteiger partial charge in [0.2, 0.25) is 0 Å². The Labute approximate surface area is 444 Å². The fraction of sp³-hybridized carbons (Fsp3) is 0.0270. The molecule has 15 rings (SSSR count). The van der Waals surface area contributed by atoms with E-state index in [9.17, 15) is 0 Å². The van der Waals surface area contributed by atoms with Crippen LogP contribution in [0.1, 0.15) is 44.5 Å². The molecule has 356 valence electrons. The molecule has 1 spiro atoms. The molecule has 76 heavy (non-hydrogen) atoms. The largest absolute Gasteiger partial charge is 0.310 e. The lowest BCUT2D eigenvalue weighted by atomic mass is 9.64. The first-order valence-corrected chi connectivity index (χ1v) is 26.4. The van der Waals surface area contributed by atoms with Crippen molar-refractivity contribution in [2.24, 2.45) is 0 Å². The first-order valence-electron chi connectivity index (χ1n) is 26.4. The number of para-hydroxylation sites is 4. The van der Waals surface area contributed by atoms with Crippen molar-refractivity contribution >= 4 is 34.1 Å². The molecule has 12 aromatic carbocycles. The van der Waals surface area contributed by atoms with Crippen molar-refractivity contribution in [1.82, 2.24) is 0 Å². The highest BCUT2D eigenvalue weighted by molar-refractivity contribution is 6.06. The second kappa shape index (κ2) is 17.4. The van der Waals surface area contributed by atoms with E-state index >= 15 is 0 Å². The van der Waals surface area contributed by atoms with Gasteiger partial charge in [-0.2, -0.15) is 0 Å². The van der Waals surface area contributed by atoms with Gasteiger partial charge >= 0.3 is 0 Å². The summed E-state index contributed by atoms with van der Waals surface area (Å²) in [5, 5.41) is 0. The molecule has 0 atom stereocenters. The number of rotatable bonds is 8. The van der Waals surface area contributed by atoms with E-state index in [1.54, 1.807) is 0 Å². The summed E-state index contributed by atoms with van der Waals surface area (Å²) in [6.07, 6.45) is 0. The average molecular weight is 967 g/mol. The zero-order chi connectivity index (χ0) is 50.2. The molecule has 0 unspecified atom stereocenters. The molecule has 0 saturated heterocycles. The molecule has 2 heteroatoms. The summed E-state index contributed by atoms with van der Waals surface area (Å²) in [5.41, 5.74) is 25.3. The Morgan fingerprint density at radius 1 is 0.237 bits per heavy atom. The average Bonchev–Trinajstić information content (AvgIpc) is 4.08. The number of hydrogen-bond acceptors (Lipinski definition) is 2. The van der Waals surface area contributed by atoms with Gasteiger partial charge in [0.15, 0.2) is 0 Å². The standard InChI is InChI=1S/C74H50N2/c1-5-25-51(26-6-1)52-47-49-53(50-48-52)57-33-15-20-42-66(57)76(69-45-23-40-64-71(69)58-34-13-16-36-60(58)73(64,54-27-7-2-8-28-54)55-29-9-3-10-30-55)70-46-24-41-65-72(70)59-35-14-17-37-61(59)74(65)62-38-18-21-43-67(62)75(56-31-11-4-12-32-56)68-44-22-19-39-63(68)74/h1-50H. The van der Waals surface area contributed by atoms with Crippen molar-refractivity contribution in [2.75, 3.05) is 9.80 Å². The summed E-state index contributed by atoms with van der Waals surface area (Å²) < 4.78 is 0. The normalized spacial score (nSPS) is 13.7. The molecule has 2 aliphatic carbocycles. The molecule has 0 amide bonds. The summed E-state index contributed by atoms with van der Waals surface area (Å²) >= 11 is 0. The highest BCUT2D eigenvalue weighted by Gasteiger charge is 2.53. The Kier molecular flexibility index (Phi) is 10.0. The maximum Gasteiger partial charge on any atom is 0.0755 e. The number of nitrogens with zero attached hydrogens (tertiary/aromatic N) is 2. The third-order valence-corrected chi connectivity index (χ3v) is 16.5. The minimum absolute atomic E-state index is 0.585. The summed E-state index contributed by atoms with van der Waals surface area (Å²) in [7, 11) is 0. The van der Waals surface area contributed by atoms with E-state index in [1.807, 2.05) is 0 Å². The van der Waals surface area contributed by atoms with Gasteiger partial charge in [0, 0.05) is 22.4 Å². The third kappa shape index (κ3) is 6.22. The summed E-state index contributed by atoms with van der Waals surface area (Å²) in [6.45, 7) is 0. The van der Waals surface area contributed by atoms with Crippen LogP contribution in [0, 0.1) is 0 Å². The summed E-state index contributed by atoms with van der Waals surface area (Å²) in [5.74, 6) is 0. The Bertz CT molecular complexity index is 4080. The molecule has 1 heterocycles. The molecule has 0 radical (unpaired) electrons. The molecule has 2 nitrogen and oxygen atoms in total. The van der Waals surface area contributed by atoms with Gasteiger partial charge in [-0.3, -0.25) is 0 Å². The van der Waals surface area contributed by atoms with E-state index in [1.165, 1.54) is 89.3 Å². The van der Waals surface area contributed by atoms with Crippen LogP contribution in [0.25, 0.3) is 44.5 Å². The molecule has 0 fully saturated rings. The molecule has 12 aromatic rings. The Morgan fingerprint density at radius 2 is 0.605 bits per heavy atom. The van der Waals surface area contributed by atoms with Gasteiger partial charge in [0.25, 0.3) is 0 Å². The van der Waals surface area contributed by atoms with Gasteiger partial charge in [-0.05, 0) is 115 Å². The van der Waals surface area contributed by atoms with Gasteiger partial charge in [-0.15, -0.1) is 0 Å². The van der Waals surface area contributed by atoms with Gasteiger partial charge in [0.05, 0.1) is 39.3 Å². The van der Waals surface area contributed by atoms with Crippen molar-refractivity contribution in [3.05, 3.63) is 348 Å². The van der Waals surface area contributed by atoms with Crippen LogP contribution in [0.5, 0.6) is 0 Å². The predicted molar refractivity (Wildman–Crippen MR) is 315 cm³/mol. The first kappa shape index (κ1) is 43.8. The van der Waals surface area contributed by atoms with Crippen LogP contribution in [-0.2, 0) is 10.8 Å². The van der Waals surface area contributed by atoms with Crippen LogP contribution < -0.4 is 9.80 Å². The summed E-state index contributed by atoms with van der Waals surface area (Å²) in [6, 6.07) is 113. The molecule has 0 bridgehead atoms. The van der Waals surface area contributed by atoms with E-state index in [4.69, 9.17) is 0 Å². The smallest absolute Gasteiger partial charge is 0.0755 e. The van der Waals surface area contributed by atoms with Crippen LogP contribution in [-0.4, -0.2) is 0 Å². The molecular formula is C74H50N2. The molecule has 0 N–H and O–H groups in total. The van der Waals surface area contributed by atoms with Gasteiger partial charge in [-0.25, -0.2) is 0 Å². The molecule has 3 aliphatic rings. The fourth-order valence-corrected chi connectivity index (χ4v) is 13.6. The number of hydrogen-bond donors (Lipinski definition) is 0. The van der Waals surface area contributed by atoms with E-state index in [0.29, 0.717) is 0 Å². The molecule has 0 aromatic heterocycles. The van der Waals surface area contributed by atoms with E-state index in [-0.39, 0.29) is 0 Å². The number of benzene rings is 12.